The average Bonchev–Trinajstić information content (AvgIpc) is 2.97. The van der Waals surface area contributed by atoms with Crippen LogP contribution in [0.2, 0.25) is 0 Å². The number of piperidine rings is 1. The van der Waals surface area contributed by atoms with Gasteiger partial charge in [0.2, 0.25) is 5.91 Å². The van der Waals surface area contributed by atoms with E-state index in [-0.39, 0.29) is 24.5 Å². The van der Waals surface area contributed by atoms with E-state index in [2.05, 4.69) is 5.16 Å². The molecule has 0 aliphatic carbocycles. The van der Waals surface area contributed by atoms with Crippen LogP contribution in [0.15, 0.2) is 28.8 Å². The van der Waals surface area contributed by atoms with E-state index in [9.17, 15) is 4.79 Å². The summed E-state index contributed by atoms with van der Waals surface area (Å²) in [6, 6.07) is 7.61. The van der Waals surface area contributed by atoms with Gasteiger partial charge in [-0.05, 0) is 25.0 Å². The van der Waals surface area contributed by atoms with E-state index < -0.39 is 0 Å². The number of carbonyl (C=O) groups excluding carboxylic acids is 1. The van der Waals surface area contributed by atoms with E-state index in [1.165, 1.54) is 0 Å². The minimum absolute atomic E-state index is 0.0318. The molecule has 1 aromatic heterocycles. The minimum atomic E-state index is 0.0318. The Balaban J connectivity index is 1.73. The molecule has 22 heavy (non-hydrogen) atoms. The largest absolute Gasteiger partial charge is 0.381 e. The van der Waals surface area contributed by atoms with Crippen molar-refractivity contribution in [1.29, 1.82) is 0 Å². The Hall–Kier alpha value is -1.92. The first-order chi connectivity index (χ1) is 10.7. The number of aromatic nitrogens is 1. The minimum Gasteiger partial charge on any atom is -0.381 e. The maximum atomic E-state index is 12.6. The highest BCUT2D eigenvalue weighted by Gasteiger charge is 2.31. The van der Waals surface area contributed by atoms with E-state index in [0.29, 0.717) is 24.4 Å². The summed E-state index contributed by atoms with van der Waals surface area (Å²) in [4.78, 5) is 14.5. The maximum absolute atomic E-state index is 12.6. The number of para-hydroxylation sites is 1. The average molecular weight is 303 g/mol. The fourth-order valence-corrected chi connectivity index (χ4v) is 3.09. The summed E-state index contributed by atoms with van der Waals surface area (Å²) in [7, 11) is 1.71. The molecule has 0 saturated carbocycles. The van der Waals surface area contributed by atoms with Crippen LogP contribution in [0.5, 0.6) is 0 Å². The van der Waals surface area contributed by atoms with Crippen LogP contribution in [-0.2, 0) is 16.0 Å². The summed E-state index contributed by atoms with van der Waals surface area (Å²) in [6.45, 7) is 1.13. The number of ether oxygens (including phenoxy) is 1. The van der Waals surface area contributed by atoms with E-state index in [1.807, 2.05) is 29.2 Å². The van der Waals surface area contributed by atoms with Gasteiger partial charge in [-0.25, -0.2) is 0 Å². The predicted octanol–water partition coefficient (Wildman–Crippen LogP) is 1.33. The molecular weight excluding hydrogens is 282 g/mol. The molecule has 1 aromatic carbocycles. The van der Waals surface area contributed by atoms with Gasteiger partial charge in [0.25, 0.3) is 0 Å². The molecule has 0 radical (unpaired) electrons. The Bertz CT molecular complexity index is 655. The Labute approximate surface area is 129 Å². The number of nitrogens with two attached hydrogens (primary N) is 1. The lowest BCUT2D eigenvalue weighted by atomic mass is 9.98. The molecule has 1 aliphatic heterocycles. The van der Waals surface area contributed by atoms with E-state index in [1.54, 1.807) is 7.11 Å². The number of rotatable bonds is 4. The summed E-state index contributed by atoms with van der Waals surface area (Å²) in [5, 5.41) is 4.93. The van der Waals surface area contributed by atoms with Crippen molar-refractivity contribution in [3.8, 4) is 0 Å². The number of benzene rings is 1. The maximum Gasteiger partial charge on any atom is 0.229 e. The highest BCUT2D eigenvalue weighted by atomic mass is 16.5. The highest BCUT2D eigenvalue weighted by molar-refractivity contribution is 5.86. The molecule has 118 valence electrons. The molecule has 2 unspecified atom stereocenters. The van der Waals surface area contributed by atoms with E-state index in [0.717, 1.165) is 18.2 Å². The molecule has 3 rings (SSSR count). The third-order valence-electron chi connectivity index (χ3n) is 4.36. The van der Waals surface area contributed by atoms with Gasteiger partial charge in [-0.1, -0.05) is 17.3 Å². The molecule has 6 nitrogen and oxygen atoms in total. The summed E-state index contributed by atoms with van der Waals surface area (Å²) in [6.07, 6.45) is 2.06. The molecule has 0 spiro atoms. The first-order valence-corrected chi connectivity index (χ1v) is 7.58. The molecule has 6 heteroatoms. The van der Waals surface area contributed by atoms with Crippen LogP contribution in [0.4, 0.5) is 0 Å². The third kappa shape index (κ3) is 2.84. The SMILES string of the molecule is COC1CCN(C(=O)Cc2noc3ccccc23)C(CN)C1. The first-order valence-electron chi connectivity index (χ1n) is 7.58. The zero-order valence-corrected chi connectivity index (χ0v) is 12.7. The van der Waals surface area contributed by atoms with Crippen LogP contribution >= 0.6 is 0 Å². The summed E-state index contributed by atoms with van der Waals surface area (Å²) in [5.41, 5.74) is 7.22. The zero-order chi connectivity index (χ0) is 15.5. The number of methoxy groups -OCH3 is 1. The van der Waals surface area contributed by atoms with Crippen LogP contribution in [-0.4, -0.2) is 48.3 Å². The quantitative estimate of drug-likeness (QED) is 0.921. The van der Waals surface area contributed by atoms with Crippen molar-refractivity contribution in [1.82, 2.24) is 10.1 Å². The molecule has 2 aromatic rings. The number of carbonyl (C=O) groups is 1. The molecule has 1 aliphatic rings. The predicted molar refractivity (Wildman–Crippen MR) is 82.3 cm³/mol. The molecular formula is C16H21N3O3. The van der Waals surface area contributed by atoms with Gasteiger partial charge in [0.1, 0.15) is 5.69 Å². The topological polar surface area (TPSA) is 81.6 Å². The Kier molecular flexibility index (Phi) is 4.40. The number of hydrogen-bond donors (Lipinski definition) is 1. The Morgan fingerprint density at radius 2 is 2.32 bits per heavy atom. The van der Waals surface area contributed by atoms with Gasteiger partial charge >= 0.3 is 0 Å². The van der Waals surface area contributed by atoms with Crippen LogP contribution in [0.3, 0.4) is 0 Å². The highest BCUT2D eigenvalue weighted by Crippen LogP contribution is 2.22. The van der Waals surface area contributed by atoms with Crippen molar-refractivity contribution < 1.29 is 14.1 Å². The Morgan fingerprint density at radius 3 is 3.09 bits per heavy atom. The fourth-order valence-electron chi connectivity index (χ4n) is 3.09. The lowest BCUT2D eigenvalue weighted by Crippen LogP contribution is -2.51. The lowest BCUT2D eigenvalue weighted by Gasteiger charge is -2.38. The second kappa shape index (κ2) is 6.46. The second-order valence-electron chi connectivity index (χ2n) is 5.66. The smallest absolute Gasteiger partial charge is 0.229 e. The monoisotopic (exact) mass is 303 g/mol. The molecule has 1 saturated heterocycles. The van der Waals surface area contributed by atoms with Crippen LogP contribution < -0.4 is 5.73 Å². The van der Waals surface area contributed by atoms with Crippen molar-refractivity contribution in [2.45, 2.75) is 31.4 Å². The molecule has 1 amide bonds. The summed E-state index contributed by atoms with van der Waals surface area (Å²) >= 11 is 0. The molecule has 2 heterocycles. The van der Waals surface area contributed by atoms with Crippen molar-refractivity contribution in [3.05, 3.63) is 30.0 Å². The zero-order valence-electron chi connectivity index (χ0n) is 12.7. The number of nitrogens with zero attached hydrogens (tertiary/aromatic N) is 2. The van der Waals surface area contributed by atoms with Gasteiger partial charge < -0.3 is 19.9 Å². The summed E-state index contributed by atoms with van der Waals surface area (Å²) < 4.78 is 10.7. The van der Waals surface area contributed by atoms with Crippen molar-refractivity contribution >= 4 is 16.9 Å². The first kappa shape index (κ1) is 15.0. The molecule has 2 N–H and O–H groups in total. The number of fused-ring (bicyclic) bond motifs is 1. The van der Waals surface area contributed by atoms with Crippen molar-refractivity contribution in [2.24, 2.45) is 5.73 Å². The molecule has 1 fully saturated rings. The lowest BCUT2D eigenvalue weighted by molar-refractivity contribution is -0.136. The number of amides is 1. The fraction of sp³-hybridized carbons (Fsp3) is 0.500. The molecule has 2 atom stereocenters. The second-order valence-corrected chi connectivity index (χ2v) is 5.66. The normalized spacial score (nSPS) is 22.2. The standard InChI is InChI=1S/C16H21N3O3/c1-21-12-6-7-19(11(8-12)10-17)16(20)9-14-13-4-2-3-5-15(13)22-18-14/h2-5,11-12H,6-10,17H2,1H3. The third-order valence-corrected chi connectivity index (χ3v) is 4.36. The van der Waals surface area contributed by atoms with Crippen LogP contribution in [0.1, 0.15) is 18.5 Å². The van der Waals surface area contributed by atoms with Gasteiger partial charge in [-0.2, -0.15) is 0 Å². The van der Waals surface area contributed by atoms with Gasteiger partial charge in [0, 0.05) is 31.6 Å². The van der Waals surface area contributed by atoms with Gasteiger partial charge in [-0.3, -0.25) is 4.79 Å². The Morgan fingerprint density at radius 1 is 1.50 bits per heavy atom. The van der Waals surface area contributed by atoms with E-state index in [4.69, 9.17) is 15.0 Å². The van der Waals surface area contributed by atoms with Gasteiger partial charge in [0.05, 0.1) is 12.5 Å². The van der Waals surface area contributed by atoms with Crippen molar-refractivity contribution in [3.63, 3.8) is 0 Å². The number of likely N-dealkylation sites (tertiary alicyclic amines) is 1. The van der Waals surface area contributed by atoms with E-state index >= 15 is 0 Å². The van der Waals surface area contributed by atoms with Crippen LogP contribution in [0.25, 0.3) is 11.0 Å². The van der Waals surface area contributed by atoms with Gasteiger partial charge in [0.15, 0.2) is 5.58 Å². The molecule has 0 bridgehead atoms. The van der Waals surface area contributed by atoms with Crippen molar-refractivity contribution in [2.75, 3.05) is 20.2 Å². The van der Waals surface area contributed by atoms with Crippen LogP contribution in [0, 0.1) is 0 Å². The summed E-state index contributed by atoms with van der Waals surface area (Å²) in [5.74, 6) is 0.0454. The van der Waals surface area contributed by atoms with Gasteiger partial charge in [-0.15, -0.1) is 0 Å². The number of hydrogen-bond acceptors (Lipinski definition) is 5.